The molecule has 2 aromatic rings. The number of carboxylic acid groups (broad SMARTS) is 1. The molecule has 3 rings (SSSR count). The summed E-state index contributed by atoms with van der Waals surface area (Å²) in [6.07, 6.45) is 1.65. The Balaban J connectivity index is 1.92. The van der Waals surface area contributed by atoms with E-state index in [1.54, 1.807) is 32.1 Å². The number of hydrogen-bond donors (Lipinski definition) is 1. The summed E-state index contributed by atoms with van der Waals surface area (Å²) in [5.74, 6) is -0.813. The van der Waals surface area contributed by atoms with Crippen molar-refractivity contribution in [3.05, 3.63) is 61.2 Å². The van der Waals surface area contributed by atoms with Gasteiger partial charge in [0.2, 0.25) is 0 Å². The lowest BCUT2D eigenvalue weighted by atomic mass is 10.1. The van der Waals surface area contributed by atoms with Gasteiger partial charge in [-0.25, -0.2) is 4.79 Å². The molecule has 0 atom stereocenters. The zero-order valence-electron chi connectivity index (χ0n) is 17.1. The SMILES string of the molecule is CCOc1cc(/C=C2/C(=O)N(c3ccc([N+](=O)[O-])cc3)N=C2C)cc(I)c1OCC(=O)O. The van der Waals surface area contributed by atoms with E-state index in [1.165, 1.54) is 29.3 Å². The van der Waals surface area contributed by atoms with Crippen LogP contribution in [0.1, 0.15) is 19.4 Å². The summed E-state index contributed by atoms with van der Waals surface area (Å²) >= 11 is 2.01. The highest BCUT2D eigenvalue weighted by molar-refractivity contribution is 14.1. The van der Waals surface area contributed by atoms with Crippen LogP contribution in [-0.2, 0) is 9.59 Å². The van der Waals surface area contributed by atoms with E-state index in [-0.39, 0.29) is 11.6 Å². The van der Waals surface area contributed by atoms with E-state index in [2.05, 4.69) is 5.10 Å². The third-order valence-corrected chi connectivity index (χ3v) is 5.15. The van der Waals surface area contributed by atoms with Crippen molar-refractivity contribution < 1.29 is 29.1 Å². The van der Waals surface area contributed by atoms with E-state index in [1.807, 2.05) is 22.6 Å². The monoisotopic (exact) mass is 551 g/mol. The number of hydrogen-bond acceptors (Lipinski definition) is 7. The van der Waals surface area contributed by atoms with Crippen molar-refractivity contribution >= 4 is 57.6 Å². The normalized spacial score (nSPS) is 14.5. The number of carbonyl (C=O) groups excluding carboxylic acids is 1. The molecule has 166 valence electrons. The molecule has 2 aromatic carbocycles. The van der Waals surface area contributed by atoms with Crippen LogP contribution in [0.3, 0.4) is 0 Å². The summed E-state index contributed by atoms with van der Waals surface area (Å²) in [6, 6.07) is 8.93. The molecule has 1 aliphatic rings. The van der Waals surface area contributed by atoms with E-state index in [0.29, 0.717) is 44.2 Å². The maximum atomic E-state index is 13.0. The zero-order valence-corrected chi connectivity index (χ0v) is 19.2. The van der Waals surface area contributed by atoms with Gasteiger partial charge in [0, 0.05) is 12.1 Å². The molecule has 0 unspecified atom stereocenters. The lowest BCUT2D eigenvalue weighted by Gasteiger charge is -2.14. The summed E-state index contributed by atoms with van der Waals surface area (Å²) in [5.41, 5.74) is 1.79. The Hall–Kier alpha value is -3.48. The lowest BCUT2D eigenvalue weighted by molar-refractivity contribution is -0.384. The fraction of sp³-hybridized carbons (Fsp3) is 0.190. The van der Waals surface area contributed by atoms with E-state index >= 15 is 0 Å². The van der Waals surface area contributed by atoms with Gasteiger partial charge in [-0.15, -0.1) is 0 Å². The van der Waals surface area contributed by atoms with Crippen LogP contribution < -0.4 is 14.5 Å². The highest BCUT2D eigenvalue weighted by Gasteiger charge is 2.29. The van der Waals surface area contributed by atoms with Crippen LogP contribution in [0.4, 0.5) is 11.4 Å². The van der Waals surface area contributed by atoms with Crippen LogP contribution in [0.5, 0.6) is 11.5 Å². The van der Waals surface area contributed by atoms with Crippen LogP contribution in [0.25, 0.3) is 6.08 Å². The summed E-state index contributed by atoms with van der Waals surface area (Å²) in [6.45, 7) is 3.31. The number of rotatable bonds is 8. The van der Waals surface area contributed by atoms with Gasteiger partial charge in [0.25, 0.3) is 11.6 Å². The number of anilines is 1. The quantitative estimate of drug-likeness (QED) is 0.228. The number of carbonyl (C=O) groups is 2. The van der Waals surface area contributed by atoms with E-state index in [4.69, 9.17) is 14.6 Å². The molecule has 0 saturated heterocycles. The number of aliphatic carboxylic acids is 1. The molecule has 1 aliphatic heterocycles. The van der Waals surface area contributed by atoms with Gasteiger partial charge in [-0.3, -0.25) is 14.9 Å². The number of halogens is 1. The first-order valence-electron chi connectivity index (χ1n) is 9.38. The van der Waals surface area contributed by atoms with Gasteiger partial charge in [0.15, 0.2) is 18.1 Å². The number of hydrazone groups is 1. The number of carboxylic acids is 1. The van der Waals surface area contributed by atoms with Gasteiger partial charge in [0.1, 0.15) is 0 Å². The smallest absolute Gasteiger partial charge is 0.341 e. The van der Waals surface area contributed by atoms with Crippen LogP contribution in [0.2, 0.25) is 0 Å². The van der Waals surface area contributed by atoms with E-state index in [9.17, 15) is 19.7 Å². The molecule has 0 saturated carbocycles. The average Bonchev–Trinajstić information content (AvgIpc) is 3.01. The molecule has 10 nitrogen and oxygen atoms in total. The fourth-order valence-corrected chi connectivity index (χ4v) is 3.73. The van der Waals surface area contributed by atoms with Crippen molar-refractivity contribution in [3.63, 3.8) is 0 Å². The molecule has 0 aromatic heterocycles. The molecule has 1 N–H and O–H groups in total. The van der Waals surface area contributed by atoms with Crippen molar-refractivity contribution in [2.24, 2.45) is 5.10 Å². The molecular weight excluding hydrogens is 533 g/mol. The van der Waals surface area contributed by atoms with Crippen molar-refractivity contribution in [3.8, 4) is 11.5 Å². The second kappa shape index (κ2) is 9.77. The second-order valence-electron chi connectivity index (χ2n) is 6.58. The maximum Gasteiger partial charge on any atom is 0.341 e. The molecular formula is C21H18IN3O7. The van der Waals surface area contributed by atoms with Crippen molar-refractivity contribution in [2.75, 3.05) is 18.2 Å². The Kier molecular flexibility index (Phi) is 7.08. The Bertz CT molecular complexity index is 1140. The van der Waals surface area contributed by atoms with Crippen molar-refractivity contribution in [1.82, 2.24) is 0 Å². The second-order valence-corrected chi connectivity index (χ2v) is 7.74. The largest absolute Gasteiger partial charge is 0.490 e. The van der Waals surface area contributed by atoms with E-state index < -0.39 is 17.5 Å². The summed E-state index contributed by atoms with van der Waals surface area (Å²) < 4.78 is 11.6. The van der Waals surface area contributed by atoms with Crippen LogP contribution in [-0.4, -0.2) is 40.8 Å². The Morgan fingerprint density at radius 2 is 1.97 bits per heavy atom. The van der Waals surface area contributed by atoms with Gasteiger partial charge in [-0.05, 0) is 72.3 Å². The standard InChI is InChI=1S/C21H18IN3O7/c1-3-31-18-10-13(9-17(22)20(18)32-11-19(26)27)8-16-12(2)23-24(21(16)28)14-4-6-15(7-5-14)25(29)30/h4-10H,3,11H2,1-2H3,(H,26,27)/b16-8+. The van der Waals surface area contributed by atoms with E-state index in [0.717, 1.165) is 0 Å². The minimum absolute atomic E-state index is 0.0832. The molecule has 32 heavy (non-hydrogen) atoms. The number of ether oxygens (including phenoxy) is 2. The third kappa shape index (κ3) is 5.04. The van der Waals surface area contributed by atoms with Crippen molar-refractivity contribution in [1.29, 1.82) is 0 Å². The first kappa shape index (κ1) is 23.2. The highest BCUT2D eigenvalue weighted by Crippen LogP contribution is 2.35. The van der Waals surface area contributed by atoms with Gasteiger partial charge < -0.3 is 14.6 Å². The van der Waals surface area contributed by atoms with Crippen LogP contribution >= 0.6 is 22.6 Å². The Morgan fingerprint density at radius 3 is 2.56 bits per heavy atom. The third-order valence-electron chi connectivity index (χ3n) is 4.35. The van der Waals surface area contributed by atoms with Crippen molar-refractivity contribution in [2.45, 2.75) is 13.8 Å². The van der Waals surface area contributed by atoms with Gasteiger partial charge in [-0.1, -0.05) is 0 Å². The number of nitro groups is 1. The van der Waals surface area contributed by atoms with Gasteiger partial charge in [0.05, 0.1) is 32.1 Å². The number of benzene rings is 2. The molecule has 0 spiro atoms. The molecule has 1 amide bonds. The minimum Gasteiger partial charge on any atom is -0.490 e. The molecule has 1 heterocycles. The molecule has 0 fully saturated rings. The predicted molar refractivity (Wildman–Crippen MR) is 125 cm³/mol. The topological polar surface area (TPSA) is 132 Å². The highest BCUT2D eigenvalue weighted by atomic mass is 127. The predicted octanol–water partition coefficient (Wildman–Crippen LogP) is 3.87. The summed E-state index contributed by atoms with van der Waals surface area (Å²) in [5, 5.41) is 25.2. The fourth-order valence-electron chi connectivity index (χ4n) is 2.95. The van der Waals surface area contributed by atoms with Gasteiger partial charge >= 0.3 is 5.97 Å². The summed E-state index contributed by atoms with van der Waals surface area (Å²) in [7, 11) is 0. The first-order chi connectivity index (χ1) is 15.2. The Morgan fingerprint density at radius 1 is 1.28 bits per heavy atom. The first-order valence-corrected chi connectivity index (χ1v) is 10.5. The number of nitro benzene ring substituents is 1. The van der Waals surface area contributed by atoms with Gasteiger partial charge in [-0.2, -0.15) is 10.1 Å². The zero-order chi connectivity index (χ0) is 23.4. The van der Waals surface area contributed by atoms with Crippen LogP contribution in [0, 0.1) is 13.7 Å². The van der Waals surface area contributed by atoms with Crippen LogP contribution in [0.15, 0.2) is 47.1 Å². The lowest BCUT2D eigenvalue weighted by Crippen LogP contribution is -2.21. The Labute approximate surface area is 196 Å². The minimum atomic E-state index is -1.11. The average molecular weight is 551 g/mol. The number of nitrogens with zero attached hydrogens (tertiary/aromatic N) is 3. The molecule has 11 heteroatoms. The molecule has 0 aliphatic carbocycles. The number of amides is 1. The maximum absolute atomic E-state index is 13.0. The summed E-state index contributed by atoms with van der Waals surface area (Å²) in [4.78, 5) is 34.1. The number of non-ortho nitro benzene ring substituents is 1. The molecule has 0 bridgehead atoms. The molecule has 0 radical (unpaired) electrons.